The minimum absolute atomic E-state index is 0.235. The van der Waals surface area contributed by atoms with Crippen molar-refractivity contribution in [2.24, 2.45) is 0 Å². The fourth-order valence-corrected chi connectivity index (χ4v) is 4.65. The van der Waals surface area contributed by atoms with E-state index < -0.39 is 0 Å². The van der Waals surface area contributed by atoms with E-state index in [1.807, 2.05) is 6.07 Å². The number of methoxy groups -OCH3 is 1. The number of ether oxygens (including phenoxy) is 1. The molecule has 0 bridgehead atoms. The molecule has 5 heteroatoms. The van der Waals surface area contributed by atoms with E-state index in [-0.39, 0.29) is 5.82 Å². The van der Waals surface area contributed by atoms with Gasteiger partial charge in [0, 0.05) is 25.6 Å². The fraction of sp³-hybridized carbons (Fsp3) is 0.348. The highest BCUT2D eigenvalue weighted by Crippen LogP contribution is 2.33. The maximum Gasteiger partial charge on any atom is 0.140 e. The van der Waals surface area contributed by atoms with Gasteiger partial charge in [0.15, 0.2) is 0 Å². The monoisotopic (exact) mass is 377 g/mol. The molecule has 1 aliphatic heterocycles. The summed E-state index contributed by atoms with van der Waals surface area (Å²) in [6.07, 6.45) is 4.16. The summed E-state index contributed by atoms with van der Waals surface area (Å²) in [7, 11) is 1.75. The molecule has 0 fully saturated rings. The molecule has 2 aromatic carbocycles. The van der Waals surface area contributed by atoms with E-state index in [9.17, 15) is 4.39 Å². The van der Waals surface area contributed by atoms with Gasteiger partial charge in [0.05, 0.1) is 24.1 Å². The molecular formula is C23H24FN3O. The summed E-state index contributed by atoms with van der Waals surface area (Å²) in [5.74, 6) is 1.41. The highest BCUT2D eigenvalue weighted by molar-refractivity contribution is 5.57. The predicted molar refractivity (Wildman–Crippen MR) is 107 cm³/mol. The number of halogens is 1. The van der Waals surface area contributed by atoms with Gasteiger partial charge in [-0.1, -0.05) is 24.3 Å². The van der Waals surface area contributed by atoms with Crippen LogP contribution in [0.3, 0.4) is 0 Å². The van der Waals surface area contributed by atoms with Crippen LogP contribution < -0.4 is 4.74 Å². The number of rotatable bonds is 3. The lowest BCUT2D eigenvalue weighted by Gasteiger charge is -2.37. The average molecular weight is 377 g/mol. The van der Waals surface area contributed by atoms with Crippen LogP contribution in [0.4, 0.5) is 4.39 Å². The van der Waals surface area contributed by atoms with Crippen molar-refractivity contribution in [2.75, 3.05) is 13.7 Å². The van der Waals surface area contributed by atoms with Gasteiger partial charge in [0.25, 0.3) is 0 Å². The zero-order chi connectivity index (χ0) is 19.1. The lowest BCUT2D eigenvalue weighted by atomic mass is 9.86. The normalized spacial score (nSPS) is 19.1. The smallest absolute Gasteiger partial charge is 0.140 e. The number of benzene rings is 2. The van der Waals surface area contributed by atoms with E-state index in [1.165, 1.54) is 17.2 Å². The Morgan fingerprint density at radius 2 is 2.04 bits per heavy atom. The molecule has 144 valence electrons. The molecule has 1 aromatic heterocycles. The number of hydrogen-bond acceptors (Lipinski definition) is 3. The lowest BCUT2D eigenvalue weighted by Crippen LogP contribution is -2.42. The van der Waals surface area contributed by atoms with Gasteiger partial charge in [0.1, 0.15) is 17.4 Å². The van der Waals surface area contributed by atoms with E-state index in [0.29, 0.717) is 17.4 Å². The number of H-pyrrole nitrogens is 1. The van der Waals surface area contributed by atoms with E-state index in [1.54, 1.807) is 19.2 Å². The number of nitrogens with one attached hydrogen (secondary N) is 1. The number of aromatic amines is 1. The fourth-order valence-electron chi connectivity index (χ4n) is 4.65. The van der Waals surface area contributed by atoms with Gasteiger partial charge < -0.3 is 9.72 Å². The van der Waals surface area contributed by atoms with Crippen molar-refractivity contribution in [2.45, 2.75) is 38.3 Å². The quantitative estimate of drug-likeness (QED) is 0.746. The second kappa shape index (κ2) is 7.06. The van der Waals surface area contributed by atoms with E-state index in [4.69, 9.17) is 4.74 Å². The number of aromatic nitrogens is 2. The molecule has 0 spiro atoms. The Labute approximate surface area is 164 Å². The molecule has 2 heterocycles. The van der Waals surface area contributed by atoms with Gasteiger partial charge >= 0.3 is 0 Å². The summed E-state index contributed by atoms with van der Waals surface area (Å²) in [6, 6.07) is 13.7. The molecular weight excluding hydrogens is 353 g/mol. The van der Waals surface area contributed by atoms with Crippen molar-refractivity contribution in [3.63, 3.8) is 0 Å². The Morgan fingerprint density at radius 1 is 1.14 bits per heavy atom. The molecule has 1 aliphatic carbocycles. The molecule has 3 aromatic rings. The standard InChI is InChI=1S/C23H24FN3O/c1-28-22-8-4-5-15-9-10-16(13-18(15)22)27-12-11-20-21(14-27)26-23(25-20)17-6-2-3-7-19(17)24/h2-8,16H,9-14H2,1H3,(H,25,26). The Balaban J connectivity index is 1.37. The summed E-state index contributed by atoms with van der Waals surface area (Å²) in [5.41, 5.74) is 5.50. The third-order valence-electron chi connectivity index (χ3n) is 6.14. The zero-order valence-electron chi connectivity index (χ0n) is 16.0. The van der Waals surface area contributed by atoms with Gasteiger partial charge in [-0.2, -0.15) is 0 Å². The van der Waals surface area contributed by atoms with Gasteiger partial charge in [0.2, 0.25) is 0 Å². The van der Waals surface area contributed by atoms with Gasteiger partial charge in [-0.25, -0.2) is 9.37 Å². The minimum atomic E-state index is -0.235. The first-order valence-electron chi connectivity index (χ1n) is 9.94. The number of imidazole rings is 1. The highest BCUT2D eigenvalue weighted by Gasteiger charge is 2.30. The number of fused-ring (bicyclic) bond motifs is 2. The van der Waals surface area contributed by atoms with Crippen molar-refractivity contribution in [3.8, 4) is 17.1 Å². The summed E-state index contributed by atoms with van der Waals surface area (Å²) in [6.45, 7) is 1.83. The van der Waals surface area contributed by atoms with Crippen LogP contribution in [0.25, 0.3) is 11.4 Å². The molecule has 4 nitrogen and oxygen atoms in total. The Bertz CT molecular complexity index is 999. The van der Waals surface area contributed by atoms with Crippen LogP contribution in [-0.4, -0.2) is 34.6 Å². The first-order chi connectivity index (χ1) is 13.7. The second-order valence-corrected chi connectivity index (χ2v) is 7.71. The first kappa shape index (κ1) is 17.4. The third-order valence-corrected chi connectivity index (χ3v) is 6.14. The third kappa shape index (κ3) is 3.00. The van der Waals surface area contributed by atoms with Crippen LogP contribution >= 0.6 is 0 Å². The van der Waals surface area contributed by atoms with Gasteiger partial charge in [-0.3, -0.25) is 4.90 Å². The molecule has 0 radical (unpaired) electrons. The van der Waals surface area contributed by atoms with Crippen LogP contribution in [0.15, 0.2) is 42.5 Å². The molecule has 0 saturated heterocycles. The van der Waals surface area contributed by atoms with E-state index >= 15 is 0 Å². The molecule has 0 amide bonds. The molecule has 1 unspecified atom stereocenters. The summed E-state index contributed by atoms with van der Waals surface area (Å²) >= 11 is 0. The van der Waals surface area contributed by atoms with E-state index in [0.717, 1.165) is 55.9 Å². The zero-order valence-corrected chi connectivity index (χ0v) is 16.0. The maximum atomic E-state index is 14.1. The molecule has 28 heavy (non-hydrogen) atoms. The first-order valence-corrected chi connectivity index (χ1v) is 9.94. The molecule has 1 atom stereocenters. The number of aryl methyl sites for hydroxylation is 1. The Kier molecular flexibility index (Phi) is 4.40. The van der Waals surface area contributed by atoms with Crippen LogP contribution in [0.5, 0.6) is 5.75 Å². The molecule has 5 rings (SSSR count). The number of nitrogens with zero attached hydrogens (tertiary/aromatic N) is 2. The van der Waals surface area contributed by atoms with Gasteiger partial charge in [-0.15, -0.1) is 0 Å². The second-order valence-electron chi connectivity index (χ2n) is 7.71. The van der Waals surface area contributed by atoms with Crippen molar-refractivity contribution < 1.29 is 9.13 Å². The van der Waals surface area contributed by atoms with Gasteiger partial charge in [-0.05, 0) is 48.6 Å². The lowest BCUT2D eigenvalue weighted by molar-refractivity contribution is 0.159. The van der Waals surface area contributed by atoms with Crippen molar-refractivity contribution in [1.82, 2.24) is 14.9 Å². The average Bonchev–Trinajstić information content (AvgIpc) is 3.16. The molecule has 2 aliphatic rings. The minimum Gasteiger partial charge on any atom is -0.496 e. The SMILES string of the molecule is COc1cccc2c1CC(N1CCc3nc(-c4ccccc4F)[nH]c3C1)CC2. The largest absolute Gasteiger partial charge is 0.496 e. The summed E-state index contributed by atoms with van der Waals surface area (Å²) in [5, 5.41) is 0. The topological polar surface area (TPSA) is 41.1 Å². The Hall–Kier alpha value is -2.66. The predicted octanol–water partition coefficient (Wildman–Crippen LogP) is 4.14. The number of hydrogen-bond donors (Lipinski definition) is 1. The van der Waals surface area contributed by atoms with E-state index in [2.05, 4.69) is 33.1 Å². The van der Waals surface area contributed by atoms with Crippen molar-refractivity contribution in [3.05, 3.63) is 70.8 Å². The Morgan fingerprint density at radius 3 is 2.89 bits per heavy atom. The highest BCUT2D eigenvalue weighted by atomic mass is 19.1. The van der Waals surface area contributed by atoms with Crippen LogP contribution in [0, 0.1) is 5.82 Å². The molecule has 0 saturated carbocycles. The van der Waals surface area contributed by atoms with Crippen molar-refractivity contribution in [1.29, 1.82) is 0 Å². The van der Waals surface area contributed by atoms with Crippen molar-refractivity contribution >= 4 is 0 Å². The molecule has 1 N–H and O–H groups in total. The van der Waals surface area contributed by atoms with Crippen LogP contribution in [0.2, 0.25) is 0 Å². The van der Waals surface area contributed by atoms with Crippen LogP contribution in [0.1, 0.15) is 28.9 Å². The maximum absolute atomic E-state index is 14.1. The summed E-state index contributed by atoms with van der Waals surface area (Å²) < 4.78 is 19.7. The summed E-state index contributed by atoms with van der Waals surface area (Å²) in [4.78, 5) is 10.6. The van der Waals surface area contributed by atoms with Crippen LogP contribution in [-0.2, 0) is 25.8 Å².